The second kappa shape index (κ2) is 4.34. The van der Waals surface area contributed by atoms with E-state index in [-0.39, 0.29) is 25.2 Å². The molecule has 5 atom stereocenters. The quantitative estimate of drug-likeness (QED) is 0.407. The second-order valence-corrected chi connectivity index (χ2v) is 3.48. The van der Waals surface area contributed by atoms with Gasteiger partial charge in [0.25, 0.3) is 0 Å². The molecule has 0 aliphatic carbocycles. The van der Waals surface area contributed by atoms with Gasteiger partial charge in [0.05, 0.1) is 18.8 Å². The molecule has 13 heavy (non-hydrogen) atoms. The summed E-state index contributed by atoms with van der Waals surface area (Å²) in [6.45, 7) is 1.41. The van der Waals surface area contributed by atoms with E-state index < -0.39 is 18.2 Å². The predicted octanol–water partition coefficient (Wildman–Crippen LogP) is -1.94. The number of hydrogen-bond acceptors (Lipinski definition) is 5. The van der Waals surface area contributed by atoms with Gasteiger partial charge in [-0.05, 0) is 6.92 Å². The Morgan fingerprint density at radius 2 is 1.92 bits per heavy atom. The second-order valence-electron chi connectivity index (χ2n) is 3.48. The van der Waals surface area contributed by atoms with E-state index in [0.717, 1.165) is 0 Å². The van der Waals surface area contributed by atoms with E-state index >= 15 is 0 Å². The minimum atomic E-state index is -0.904. The Morgan fingerprint density at radius 1 is 1.31 bits per heavy atom. The first-order chi connectivity index (χ1) is 6.11. The van der Waals surface area contributed by atoms with Crippen LogP contribution in [-0.4, -0.2) is 52.9 Å². The molecule has 1 aliphatic heterocycles. The topological polar surface area (TPSA) is 95.9 Å². The lowest BCUT2D eigenvalue weighted by Gasteiger charge is -2.41. The molecule has 0 spiro atoms. The molecule has 0 aromatic carbocycles. The smallest absolute Gasteiger partial charge is 0.108 e. The molecule has 78 valence electrons. The highest BCUT2D eigenvalue weighted by Crippen LogP contribution is 2.23. The molecule has 0 aromatic heterocycles. The van der Waals surface area contributed by atoms with E-state index in [1.54, 1.807) is 6.92 Å². The standard InChI is InChI=1S/C8H17NO4/c1-4-5(2-10)7(9)8(12)6(3-11)13-4/h4-8,10-12H,2-3,9H2,1H3. The van der Waals surface area contributed by atoms with Crippen LogP contribution in [0, 0.1) is 5.92 Å². The molecule has 5 nitrogen and oxygen atoms in total. The summed E-state index contributed by atoms with van der Waals surface area (Å²) in [7, 11) is 0. The van der Waals surface area contributed by atoms with Crippen molar-refractivity contribution >= 4 is 0 Å². The van der Waals surface area contributed by atoms with Gasteiger partial charge < -0.3 is 25.8 Å². The lowest BCUT2D eigenvalue weighted by atomic mass is 9.86. The molecular weight excluding hydrogens is 174 g/mol. The first-order valence-corrected chi connectivity index (χ1v) is 4.42. The van der Waals surface area contributed by atoms with Crippen molar-refractivity contribution in [3.8, 4) is 0 Å². The molecule has 5 N–H and O–H groups in total. The zero-order valence-electron chi connectivity index (χ0n) is 7.63. The Hall–Kier alpha value is -0.200. The van der Waals surface area contributed by atoms with Crippen molar-refractivity contribution < 1.29 is 20.1 Å². The Morgan fingerprint density at radius 3 is 2.38 bits per heavy atom. The molecule has 0 saturated carbocycles. The van der Waals surface area contributed by atoms with Gasteiger partial charge in [-0.25, -0.2) is 0 Å². The first-order valence-electron chi connectivity index (χ1n) is 4.42. The van der Waals surface area contributed by atoms with Crippen molar-refractivity contribution in [3.05, 3.63) is 0 Å². The zero-order valence-corrected chi connectivity index (χ0v) is 7.63. The lowest BCUT2D eigenvalue weighted by Crippen LogP contribution is -2.59. The average Bonchev–Trinajstić information content (AvgIpc) is 2.12. The van der Waals surface area contributed by atoms with Crippen LogP contribution in [0.2, 0.25) is 0 Å². The molecule has 0 aromatic rings. The largest absolute Gasteiger partial charge is 0.396 e. The van der Waals surface area contributed by atoms with Crippen LogP contribution in [-0.2, 0) is 4.74 Å². The Bertz CT molecular complexity index is 166. The summed E-state index contributed by atoms with van der Waals surface area (Å²) in [6.07, 6.45) is -1.77. The van der Waals surface area contributed by atoms with Crippen molar-refractivity contribution in [1.82, 2.24) is 0 Å². The first kappa shape index (κ1) is 10.9. The van der Waals surface area contributed by atoms with Gasteiger partial charge in [-0.3, -0.25) is 0 Å². The summed E-state index contributed by atoms with van der Waals surface area (Å²) in [5.74, 6) is -0.266. The van der Waals surface area contributed by atoms with Gasteiger partial charge in [0.15, 0.2) is 0 Å². The van der Waals surface area contributed by atoms with Crippen LogP contribution in [0.5, 0.6) is 0 Å². The third-order valence-electron chi connectivity index (χ3n) is 2.65. The van der Waals surface area contributed by atoms with Crippen molar-refractivity contribution in [1.29, 1.82) is 0 Å². The minimum Gasteiger partial charge on any atom is -0.396 e. The maximum Gasteiger partial charge on any atom is 0.108 e. The van der Waals surface area contributed by atoms with Gasteiger partial charge in [0.1, 0.15) is 6.10 Å². The fourth-order valence-electron chi connectivity index (χ4n) is 1.69. The minimum absolute atomic E-state index is 0.114. The van der Waals surface area contributed by atoms with Crippen LogP contribution in [0.25, 0.3) is 0 Å². The Balaban J connectivity index is 2.66. The summed E-state index contributed by atoms with van der Waals surface area (Å²) in [4.78, 5) is 0. The fourth-order valence-corrected chi connectivity index (χ4v) is 1.69. The van der Waals surface area contributed by atoms with Crippen LogP contribution < -0.4 is 5.73 Å². The van der Waals surface area contributed by atoms with Gasteiger partial charge in [-0.15, -0.1) is 0 Å². The van der Waals surface area contributed by atoms with Crippen LogP contribution in [0.4, 0.5) is 0 Å². The lowest BCUT2D eigenvalue weighted by molar-refractivity contribution is -0.168. The van der Waals surface area contributed by atoms with Gasteiger partial charge in [0.2, 0.25) is 0 Å². The highest BCUT2D eigenvalue weighted by atomic mass is 16.5. The van der Waals surface area contributed by atoms with Crippen molar-refractivity contribution in [3.63, 3.8) is 0 Å². The summed E-state index contributed by atoms with van der Waals surface area (Å²) >= 11 is 0. The van der Waals surface area contributed by atoms with Gasteiger partial charge in [-0.2, -0.15) is 0 Å². The number of hydrogen-bond donors (Lipinski definition) is 4. The van der Waals surface area contributed by atoms with Crippen molar-refractivity contribution in [2.45, 2.75) is 31.3 Å². The van der Waals surface area contributed by atoms with E-state index in [0.29, 0.717) is 0 Å². The Kier molecular flexibility index (Phi) is 3.63. The summed E-state index contributed by atoms with van der Waals surface area (Å²) < 4.78 is 5.28. The highest BCUT2D eigenvalue weighted by Gasteiger charge is 2.40. The molecule has 5 heteroatoms. The van der Waals surface area contributed by atoms with Gasteiger partial charge in [0, 0.05) is 18.6 Å². The molecular formula is C8H17NO4. The molecule has 0 bridgehead atoms. The molecule has 0 radical (unpaired) electrons. The normalized spacial score (nSPS) is 46.4. The maximum atomic E-state index is 9.54. The number of aliphatic hydroxyl groups is 3. The fraction of sp³-hybridized carbons (Fsp3) is 1.00. The predicted molar refractivity (Wildman–Crippen MR) is 46.0 cm³/mol. The summed E-state index contributed by atoms with van der Waals surface area (Å²) in [5, 5.41) is 27.4. The van der Waals surface area contributed by atoms with E-state index in [1.807, 2.05) is 0 Å². The van der Waals surface area contributed by atoms with E-state index in [2.05, 4.69) is 0 Å². The van der Waals surface area contributed by atoms with Crippen LogP contribution in [0.1, 0.15) is 6.92 Å². The SMILES string of the molecule is CC1OC(CO)C(O)C(N)C1CO. The third-order valence-corrected chi connectivity index (χ3v) is 2.65. The average molecular weight is 191 g/mol. The molecule has 5 unspecified atom stereocenters. The van der Waals surface area contributed by atoms with Crippen LogP contribution >= 0.6 is 0 Å². The van der Waals surface area contributed by atoms with E-state index in [1.165, 1.54) is 0 Å². The van der Waals surface area contributed by atoms with Crippen LogP contribution in [0.3, 0.4) is 0 Å². The van der Waals surface area contributed by atoms with Gasteiger partial charge >= 0.3 is 0 Å². The van der Waals surface area contributed by atoms with Crippen LogP contribution in [0.15, 0.2) is 0 Å². The van der Waals surface area contributed by atoms with E-state index in [9.17, 15) is 5.11 Å². The number of aliphatic hydroxyl groups excluding tert-OH is 3. The number of rotatable bonds is 2. The summed E-state index contributed by atoms with van der Waals surface area (Å²) in [5.41, 5.74) is 5.69. The zero-order chi connectivity index (χ0) is 10.0. The highest BCUT2D eigenvalue weighted by molar-refractivity contribution is 4.92. The Labute approximate surface area is 77.1 Å². The summed E-state index contributed by atoms with van der Waals surface area (Å²) in [6, 6.07) is -0.536. The molecule has 0 amide bonds. The van der Waals surface area contributed by atoms with Crippen molar-refractivity contribution in [2.75, 3.05) is 13.2 Å². The number of ether oxygens (including phenoxy) is 1. The molecule has 1 fully saturated rings. The molecule has 1 aliphatic rings. The number of nitrogens with two attached hydrogens (primary N) is 1. The third kappa shape index (κ3) is 2.00. The van der Waals surface area contributed by atoms with Crippen molar-refractivity contribution in [2.24, 2.45) is 11.7 Å². The molecule has 1 heterocycles. The molecule has 1 saturated heterocycles. The van der Waals surface area contributed by atoms with E-state index in [4.69, 9.17) is 20.7 Å². The maximum absolute atomic E-state index is 9.54. The molecule has 1 rings (SSSR count). The van der Waals surface area contributed by atoms with Gasteiger partial charge in [-0.1, -0.05) is 0 Å². The monoisotopic (exact) mass is 191 g/mol.